The smallest absolute Gasteiger partial charge is 0.0764 e. The van der Waals surface area contributed by atoms with E-state index in [1.54, 1.807) is 0 Å². The van der Waals surface area contributed by atoms with Crippen LogP contribution in [0.15, 0.2) is 12.3 Å². The van der Waals surface area contributed by atoms with Gasteiger partial charge in [0, 0.05) is 24.2 Å². The highest BCUT2D eigenvalue weighted by Crippen LogP contribution is 2.29. The Bertz CT molecular complexity index is 425. The molecule has 2 aliphatic carbocycles. The number of hydrogen-bond acceptors (Lipinski definition) is 2. The summed E-state index contributed by atoms with van der Waals surface area (Å²) in [6.45, 7) is 0.924. The first-order valence-corrected chi connectivity index (χ1v) is 8.56. The lowest BCUT2D eigenvalue weighted by molar-refractivity contribution is 0.186. The second kappa shape index (κ2) is 6.48. The first-order valence-electron chi connectivity index (χ1n) is 8.12. The summed E-state index contributed by atoms with van der Waals surface area (Å²) in [6.07, 6.45) is 12.5. The maximum Gasteiger partial charge on any atom is 0.0764 e. The fourth-order valence-corrected chi connectivity index (χ4v) is 4.24. The zero-order valence-corrected chi connectivity index (χ0v) is 13.2. The average molecular weight is 296 g/mol. The summed E-state index contributed by atoms with van der Waals surface area (Å²) in [5.41, 5.74) is 1.19. The van der Waals surface area contributed by atoms with E-state index in [4.69, 9.17) is 16.7 Å². The third kappa shape index (κ3) is 3.20. The van der Waals surface area contributed by atoms with Crippen LogP contribution in [-0.2, 0) is 6.54 Å². The Labute approximate surface area is 127 Å². The van der Waals surface area contributed by atoms with Gasteiger partial charge < -0.3 is 0 Å². The predicted octanol–water partition coefficient (Wildman–Crippen LogP) is 3.98. The maximum atomic E-state index is 6.49. The fourth-order valence-electron chi connectivity index (χ4n) is 3.77. The SMILES string of the molecule is CN(Cc1ccn(C2CCCC2)n1)C1CCCCC1Cl. The number of aromatic nitrogens is 2. The van der Waals surface area contributed by atoms with Gasteiger partial charge in [0.05, 0.1) is 11.7 Å². The molecule has 20 heavy (non-hydrogen) atoms. The standard InChI is InChI=1S/C16H26ClN3/c1-19(16-9-5-4-8-15(16)17)12-13-10-11-20(18-13)14-6-2-3-7-14/h10-11,14-16H,2-9,12H2,1H3. The van der Waals surface area contributed by atoms with Crippen molar-refractivity contribution in [2.75, 3.05) is 7.05 Å². The molecule has 2 unspecified atom stereocenters. The van der Waals surface area contributed by atoms with E-state index in [-0.39, 0.29) is 0 Å². The molecule has 1 heterocycles. The Hall–Kier alpha value is -0.540. The van der Waals surface area contributed by atoms with E-state index in [0.717, 1.165) is 13.0 Å². The first-order chi connectivity index (χ1) is 9.74. The highest BCUT2D eigenvalue weighted by Gasteiger charge is 2.27. The van der Waals surface area contributed by atoms with Crippen molar-refractivity contribution < 1.29 is 0 Å². The minimum atomic E-state index is 0.311. The van der Waals surface area contributed by atoms with Crippen LogP contribution >= 0.6 is 11.6 Å². The molecule has 2 saturated carbocycles. The maximum absolute atomic E-state index is 6.49. The molecule has 2 aliphatic rings. The van der Waals surface area contributed by atoms with Crippen LogP contribution in [0.25, 0.3) is 0 Å². The van der Waals surface area contributed by atoms with E-state index in [9.17, 15) is 0 Å². The molecule has 0 N–H and O–H groups in total. The third-order valence-corrected chi connectivity index (χ3v) is 5.50. The zero-order valence-electron chi connectivity index (χ0n) is 12.5. The highest BCUT2D eigenvalue weighted by atomic mass is 35.5. The van der Waals surface area contributed by atoms with Crippen molar-refractivity contribution >= 4 is 11.6 Å². The Morgan fingerprint density at radius 2 is 1.90 bits per heavy atom. The number of nitrogens with zero attached hydrogens (tertiary/aromatic N) is 3. The van der Waals surface area contributed by atoms with Crippen molar-refractivity contribution in [3.63, 3.8) is 0 Å². The number of hydrogen-bond donors (Lipinski definition) is 0. The van der Waals surface area contributed by atoms with Crippen LogP contribution in [0.2, 0.25) is 0 Å². The molecule has 0 saturated heterocycles. The van der Waals surface area contributed by atoms with Gasteiger partial charge in [-0.1, -0.05) is 25.7 Å². The quantitative estimate of drug-likeness (QED) is 0.784. The van der Waals surface area contributed by atoms with Crippen molar-refractivity contribution in [1.82, 2.24) is 14.7 Å². The Balaban J connectivity index is 1.59. The minimum Gasteiger partial charge on any atom is -0.296 e. The monoisotopic (exact) mass is 295 g/mol. The van der Waals surface area contributed by atoms with E-state index in [2.05, 4.69) is 28.9 Å². The molecule has 1 aromatic heterocycles. The summed E-state index contributed by atoms with van der Waals surface area (Å²) in [4.78, 5) is 2.40. The lowest BCUT2D eigenvalue weighted by atomic mass is 9.94. The van der Waals surface area contributed by atoms with Crippen LogP contribution in [0.4, 0.5) is 0 Å². The van der Waals surface area contributed by atoms with Crippen molar-refractivity contribution in [2.45, 2.75) is 75.4 Å². The molecule has 0 aliphatic heterocycles. The van der Waals surface area contributed by atoms with E-state index in [0.29, 0.717) is 17.5 Å². The summed E-state index contributed by atoms with van der Waals surface area (Å²) in [5.74, 6) is 0. The molecule has 3 rings (SSSR count). The highest BCUT2D eigenvalue weighted by molar-refractivity contribution is 6.21. The van der Waals surface area contributed by atoms with Crippen LogP contribution < -0.4 is 0 Å². The molecule has 1 aromatic rings. The molecule has 0 spiro atoms. The summed E-state index contributed by atoms with van der Waals surface area (Å²) < 4.78 is 2.19. The van der Waals surface area contributed by atoms with Crippen LogP contribution in [0.3, 0.4) is 0 Å². The summed E-state index contributed by atoms with van der Waals surface area (Å²) in [5, 5.41) is 5.09. The van der Waals surface area contributed by atoms with E-state index in [1.807, 2.05) is 0 Å². The molecule has 0 radical (unpaired) electrons. The first kappa shape index (κ1) is 14.4. The number of alkyl halides is 1. The molecule has 4 heteroatoms. The van der Waals surface area contributed by atoms with Crippen LogP contribution in [0.1, 0.15) is 63.1 Å². The summed E-state index contributed by atoms with van der Waals surface area (Å²) >= 11 is 6.49. The molecule has 112 valence electrons. The van der Waals surface area contributed by atoms with Crippen molar-refractivity contribution in [2.24, 2.45) is 0 Å². The summed E-state index contributed by atoms with van der Waals surface area (Å²) in [7, 11) is 2.19. The molecule has 2 fully saturated rings. The van der Waals surface area contributed by atoms with Gasteiger partial charge in [0.25, 0.3) is 0 Å². The topological polar surface area (TPSA) is 21.1 Å². The Morgan fingerprint density at radius 3 is 2.65 bits per heavy atom. The number of rotatable bonds is 4. The molecule has 0 amide bonds. The minimum absolute atomic E-state index is 0.311. The van der Waals surface area contributed by atoms with Gasteiger partial charge in [0.2, 0.25) is 0 Å². The largest absolute Gasteiger partial charge is 0.296 e. The Kier molecular flexibility index (Phi) is 4.67. The lowest BCUT2D eigenvalue weighted by Gasteiger charge is -2.34. The van der Waals surface area contributed by atoms with Gasteiger partial charge in [0.15, 0.2) is 0 Å². The molecule has 0 aromatic carbocycles. The van der Waals surface area contributed by atoms with Crippen LogP contribution in [0.5, 0.6) is 0 Å². The molecule has 2 atom stereocenters. The third-order valence-electron chi connectivity index (χ3n) is 4.99. The predicted molar refractivity (Wildman–Crippen MR) is 83.1 cm³/mol. The fraction of sp³-hybridized carbons (Fsp3) is 0.812. The molecular weight excluding hydrogens is 270 g/mol. The summed E-state index contributed by atoms with van der Waals surface area (Å²) in [6, 6.07) is 3.34. The van der Waals surface area contributed by atoms with Gasteiger partial charge in [-0.05, 0) is 38.8 Å². The molecule has 0 bridgehead atoms. The van der Waals surface area contributed by atoms with Gasteiger partial charge in [-0.3, -0.25) is 9.58 Å². The van der Waals surface area contributed by atoms with Crippen molar-refractivity contribution in [1.29, 1.82) is 0 Å². The average Bonchev–Trinajstić information content (AvgIpc) is 3.09. The zero-order chi connectivity index (χ0) is 13.9. The van der Waals surface area contributed by atoms with Crippen LogP contribution in [0, 0.1) is 0 Å². The number of halogens is 1. The van der Waals surface area contributed by atoms with Gasteiger partial charge in [0.1, 0.15) is 0 Å². The van der Waals surface area contributed by atoms with E-state index < -0.39 is 0 Å². The van der Waals surface area contributed by atoms with Gasteiger partial charge in [-0.15, -0.1) is 11.6 Å². The van der Waals surface area contributed by atoms with Gasteiger partial charge in [-0.25, -0.2) is 0 Å². The van der Waals surface area contributed by atoms with E-state index >= 15 is 0 Å². The van der Waals surface area contributed by atoms with Gasteiger partial charge >= 0.3 is 0 Å². The van der Waals surface area contributed by atoms with Crippen LogP contribution in [-0.4, -0.2) is 33.1 Å². The Morgan fingerprint density at radius 1 is 1.20 bits per heavy atom. The lowest BCUT2D eigenvalue weighted by Crippen LogP contribution is -2.40. The molecular formula is C16H26ClN3. The van der Waals surface area contributed by atoms with Gasteiger partial charge in [-0.2, -0.15) is 5.10 Å². The van der Waals surface area contributed by atoms with Crippen molar-refractivity contribution in [3.8, 4) is 0 Å². The second-order valence-corrected chi connectivity index (χ2v) is 7.07. The normalized spacial score (nSPS) is 28.4. The second-order valence-electron chi connectivity index (χ2n) is 6.51. The molecule has 3 nitrogen and oxygen atoms in total. The van der Waals surface area contributed by atoms with Crippen molar-refractivity contribution in [3.05, 3.63) is 18.0 Å². The van der Waals surface area contributed by atoms with E-state index in [1.165, 1.54) is 50.6 Å².